The number of benzene rings is 1. The van der Waals surface area contributed by atoms with Crippen LogP contribution < -0.4 is 0 Å². The molecule has 4 aliphatic rings. The largest absolute Gasteiger partial charge is 0.508 e. The molecule has 3 fully saturated rings. The first-order valence-corrected chi connectivity index (χ1v) is 13.0. The molecule has 1 saturated carbocycles. The minimum absolute atomic E-state index is 0.205. The van der Waals surface area contributed by atoms with E-state index in [4.69, 9.17) is 0 Å². The van der Waals surface area contributed by atoms with Crippen LogP contribution in [0.15, 0.2) is 35.7 Å². The molecular weight excluding hydrogens is 404 g/mol. The molecule has 3 atom stereocenters. The molecule has 0 radical (unpaired) electrons. The van der Waals surface area contributed by atoms with Crippen molar-refractivity contribution < 1.29 is 10.2 Å². The number of piperidine rings is 1. The van der Waals surface area contributed by atoms with Gasteiger partial charge in [-0.15, -0.1) is 11.3 Å². The number of aliphatic hydroxyl groups is 1. The lowest BCUT2D eigenvalue weighted by Crippen LogP contribution is -2.71. The maximum atomic E-state index is 12.5. The molecule has 2 aliphatic carbocycles. The van der Waals surface area contributed by atoms with Gasteiger partial charge in [0.15, 0.2) is 0 Å². The smallest absolute Gasteiger partial charge is 0.115 e. The van der Waals surface area contributed by atoms with Crippen LogP contribution in [0.2, 0.25) is 0 Å². The van der Waals surface area contributed by atoms with Crippen LogP contribution in [0.25, 0.3) is 0 Å². The Balaban J connectivity index is 1.33. The molecule has 3 heterocycles. The second-order valence-electron chi connectivity index (χ2n) is 10.4. The quantitative estimate of drug-likeness (QED) is 0.745. The fourth-order valence-corrected chi connectivity index (χ4v) is 7.56. The maximum absolute atomic E-state index is 12.5. The third-order valence-electron chi connectivity index (χ3n) is 8.78. The van der Waals surface area contributed by atoms with Crippen molar-refractivity contribution in [1.29, 1.82) is 0 Å². The summed E-state index contributed by atoms with van der Waals surface area (Å²) in [5, 5.41) is 25.0. The summed E-state index contributed by atoms with van der Waals surface area (Å²) >= 11 is 1.84. The van der Waals surface area contributed by atoms with Crippen molar-refractivity contribution in [2.75, 3.05) is 32.7 Å². The van der Waals surface area contributed by atoms with E-state index >= 15 is 0 Å². The lowest BCUT2D eigenvalue weighted by Gasteiger charge is -2.61. The van der Waals surface area contributed by atoms with E-state index in [1.165, 1.54) is 28.8 Å². The Morgan fingerprint density at radius 3 is 2.71 bits per heavy atom. The van der Waals surface area contributed by atoms with Crippen molar-refractivity contribution >= 4 is 11.3 Å². The average molecular weight is 439 g/mol. The first kappa shape index (κ1) is 20.2. The van der Waals surface area contributed by atoms with Gasteiger partial charge in [0.05, 0.1) is 5.60 Å². The van der Waals surface area contributed by atoms with E-state index < -0.39 is 5.60 Å². The van der Waals surface area contributed by atoms with Gasteiger partial charge in [-0.2, -0.15) is 0 Å². The summed E-state index contributed by atoms with van der Waals surface area (Å²) in [5.41, 5.74) is 1.64. The molecule has 2 bridgehead atoms. The molecule has 5 heteroatoms. The van der Waals surface area contributed by atoms with Gasteiger partial charge >= 0.3 is 0 Å². The normalized spacial score (nSPS) is 33.5. The zero-order chi connectivity index (χ0) is 21.1. The molecule has 1 aromatic carbocycles. The molecule has 2 unspecified atom stereocenters. The highest BCUT2D eigenvalue weighted by Gasteiger charge is 2.63. The topological polar surface area (TPSA) is 46.9 Å². The predicted octanol–water partition coefficient (Wildman–Crippen LogP) is 3.80. The molecule has 2 aromatic rings. The summed E-state index contributed by atoms with van der Waals surface area (Å²) in [7, 11) is 0. The van der Waals surface area contributed by atoms with E-state index in [1.807, 2.05) is 23.5 Å². The van der Waals surface area contributed by atoms with E-state index in [0.29, 0.717) is 5.75 Å². The van der Waals surface area contributed by atoms with E-state index in [-0.39, 0.29) is 11.5 Å². The highest BCUT2D eigenvalue weighted by Crippen LogP contribution is 2.56. The summed E-state index contributed by atoms with van der Waals surface area (Å²) in [6.07, 6.45) is 7.54. The van der Waals surface area contributed by atoms with E-state index in [9.17, 15) is 10.2 Å². The van der Waals surface area contributed by atoms with Crippen LogP contribution in [0.3, 0.4) is 0 Å². The van der Waals surface area contributed by atoms with E-state index in [1.54, 1.807) is 0 Å². The number of likely N-dealkylation sites (tertiary alicyclic amines) is 2. The third kappa shape index (κ3) is 3.36. The van der Waals surface area contributed by atoms with Gasteiger partial charge in [0.1, 0.15) is 5.75 Å². The Morgan fingerprint density at radius 1 is 1.06 bits per heavy atom. The number of hydrogen-bond acceptors (Lipinski definition) is 5. The molecular formula is C26H34N2O2S. The van der Waals surface area contributed by atoms with Crippen molar-refractivity contribution in [3.05, 3.63) is 51.7 Å². The van der Waals surface area contributed by atoms with Crippen molar-refractivity contribution in [2.24, 2.45) is 5.92 Å². The molecule has 2 saturated heterocycles. The lowest BCUT2D eigenvalue weighted by atomic mass is 9.52. The van der Waals surface area contributed by atoms with Crippen LogP contribution in [0.4, 0.5) is 0 Å². The zero-order valence-corrected chi connectivity index (χ0v) is 19.1. The van der Waals surface area contributed by atoms with Crippen LogP contribution in [0.1, 0.15) is 48.1 Å². The maximum Gasteiger partial charge on any atom is 0.115 e. The fraction of sp³-hybridized carbons (Fsp3) is 0.615. The van der Waals surface area contributed by atoms with Gasteiger partial charge in [0.25, 0.3) is 0 Å². The molecule has 6 rings (SSSR count). The molecule has 0 amide bonds. The molecule has 2 aliphatic heterocycles. The highest BCUT2D eigenvalue weighted by molar-refractivity contribution is 7.09. The number of rotatable bonds is 5. The molecule has 0 spiro atoms. The number of phenolic OH excluding ortho intramolecular Hbond substituents is 1. The number of phenols is 1. The van der Waals surface area contributed by atoms with Crippen molar-refractivity contribution in [1.82, 2.24) is 9.80 Å². The van der Waals surface area contributed by atoms with Gasteiger partial charge in [-0.25, -0.2) is 0 Å². The van der Waals surface area contributed by atoms with Crippen LogP contribution in [-0.2, 0) is 18.3 Å². The summed E-state index contributed by atoms with van der Waals surface area (Å²) in [4.78, 5) is 6.66. The van der Waals surface area contributed by atoms with Gasteiger partial charge in [-0.05, 0) is 98.7 Å². The van der Waals surface area contributed by atoms with Crippen LogP contribution in [0.5, 0.6) is 5.75 Å². The Kier molecular flexibility index (Phi) is 4.95. The first-order chi connectivity index (χ1) is 15.1. The Hall–Kier alpha value is -1.40. The van der Waals surface area contributed by atoms with Gasteiger partial charge in [-0.3, -0.25) is 4.90 Å². The van der Waals surface area contributed by atoms with Gasteiger partial charge < -0.3 is 15.1 Å². The van der Waals surface area contributed by atoms with Gasteiger partial charge in [0, 0.05) is 36.0 Å². The molecule has 31 heavy (non-hydrogen) atoms. The Labute approximate surface area is 189 Å². The zero-order valence-electron chi connectivity index (χ0n) is 18.3. The summed E-state index contributed by atoms with van der Waals surface area (Å²) in [6, 6.07) is 10.5. The third-order valence-corrected chi connectivity index (χ3v) is 9.71. The Morgan fingerprint density at radius 2 is 1.90 bits per heavy atom. The summed E-state index contributed by atoms with van der Waals surface area (Å²) < 4.78 is 0. The SMILES string of the molecule is Oc1ccc2c(c1)C13CCN(CCc4cccs4)CC[C@@]1(O)C(C2)N(CC1CC1)CC3. The number of hydrogen-bond donors (Lipinski definition) is 2. The van der Waals surface area contributed by atoms with Crippen molar-refractivity contribution in [3.63, 3.8) is 0 Å². The van der Waals surface area contributed by atoms with Crippen molar-refractivity contribution in [2.45, 2.75) is 62.0 Å². The molecule has 2 N–H and O–H groups in total. The van der Waals surface area contributed by atoms with Crippen LogP contribution in [0, 0.1) is 5.92 Å². The van der Waals surface area contributed by atoms with E-state index in [0.717, 1.165) is 70.7 Å². The fourth-order valence-electron chi connectivity index (χ4n) is 6.86. The monoisotopic (exact) mass is 438 g/mol. The minimum Gasteiger partial charge on any atom is -0.508 e. The minimum atomic E-state index is -0.710. The molecule has 166 valence electrons. The van der Waals surface area contributed by atoms with Crippen LogP contribution >= 0.6 is 11.3 Å². The van der Waals surface area contributed by atoms with Crippen LogP contribution in [-0.4, -0.2) is 64.4 Å². The second kappa shape index (κ2) is 7.58. The molecule has 1 aromatic heterocycles. The lowest BCUT2D eigenvalue weighted by molar-refractivity contribution is -0.149. The summed E-state index contributed by atoms with van der Waals surface area (Å²) in [5.74, 6) is 1.18. The van der Waals surface area contributed by atoms with Crippen molar-refractivity contribution in [3.8, 4) is 5.75 Å². The highest BCUT2D eigenvalue weighted by atomic mass is 32.1. The predicted molar refractivity (Wildman–Crippen MR) is 125 cm³/mol. The number of thiophene rings is 1. The van der Waals surface area contributed by atoms with E-state index in [2.05, 4.69) is 33.4 Å². The molecule has 4 nitrogen and oxygen atoms in total. The van der Waals surface area contributed by atoms with Gasteiger partial charge in [0.2, 0.25) is 0 Å². The Bertz CT molecular complexity index is 943. The number of fused-ring (bicyclic) bond motifs is 1. The number of aromatic hydroxyl groups is 1. The summed E-state index contributed by atoms with van der Waals surface area (Å²) in [6.45, 7) is 5.28. The average Bonchev–Trinajstić information content (AvgIpc) is 3.46. The second-order valence-corrected chi connectivity index (χ2v) is 11.5. The first-order valence-electron chi connectivity index (χ1n) is 12.1. The number of nitrogens with zero attached hydrogens (tertiary/aromatic N) is 2. The standard InChI is InChI=1S/C26H34N2O2S/c29-21-6-5-20-16-24-26(30)10-13-27(11-7-22-2-1-15-31-22)12-8-25(26,23(20)17-21)9-14-28(24)18-19-3-4-19/h1-2,5-6,15,17,19,24,29-30H,3-4,7-14,16,18H2/t24?,25?,26-/m1/s1. The van der Waals surface area contributed by atoms with Gasteiger partial charge in [-0.1, -0.05) is 12.1 Å².